The molecule has 1 aromatic carbocycles. The molecule has 0 heterocycles. The van der Waals surface area contributed by atoms with Gasteiger partial charge in [0, 0.05) is 13.1 Å². The zero-order chi connectivity index (χ0) is 18.7. The Hall–Kier alpha value is -2.61. The molecule has 0 aliphatic carbocycles. The lowest BCUT2D eigenvalue weighted by Gasteiger charge is -2.22. The Balaban J connectivity index is 2.37. The fraction of sp³-hybridized carbons (Fsp3) is 0.471. The Morgan fingerprint density at radius 1 is 1.12 bits per heavy atom. The maximum atomic E-state index is 12.2. The summed E-state index contributed by atoms with van der Waals surface area (Å²) in [6.07, 6.45) is 0. The molecule has 3 amide bonds. The summed E-state index contributed by atoms with van der Waals surface area (Å²) in [7, 11) is 0. The molecule has 0 radical (unpaired) electrons. The molecule has 1 unspecified atom stereocenters. The van der Waals surface area contributed by atoms with E-state index in [1.807, 2.05) is 44.2 Å². The van der Waals surface area contributed by atoms with Crippen molar-refractivity contribution in [3.8, 4) is 0 Å². The van der Waals surface area contributed by atoms with Crippen LogP contribution in [0.15, 0.2) is 30.3 Å². The zero-order valence-corrected chi connectivity index (χ0v) is 14.5. The summed E-state index contributed by atoms with van der Waals surface area (Å²) >= 11 is 0. The summed E-state index contributed by atoms with van der Waals surface area (Å²) in [5, 5.41) is 16.4. The van der Waals surface area contributed by atoms with E-state index >= 15 is 0 Å². The van der Waals surface area contributed by atoms with Gasteiger partial charge < -0.3 is 25.8 Å². The molecule has 0 aliphatic heterocycles. The van der Waals surface area contributed by atoms with E-state index in [1.165, 1.54) is 0 Å². The van der Waals surface area contributed by atoms with Gasteiger partial charge in [0.05, 0.1) is 6.61 Å². The lowest BCUT2D eigenvalue weighted by Crippen LogP contribution is -2.52. The number of hydrogen-bond acceptors (Lipinski definition) is 4. The fourth-order valence-corrected chi connectivity index (χ4v) is 2.02. The molecule has 1 rings (SSSR count). The van der Waals surface area contributed by atoms with E-state index in [4.69, 9.17) is 9.84 Å². The second-order valence-corrected chi connectivity index (χ2v) is 5.77. The molecular weight excluding hydrogens is 326 g/mol. The second kappa shape index (κ2) is 11.0. The highest BCUT2D eigenvalue weighted by molar-refractivity contribution is 5.87. The molecule has 25 heavy (non-hydrogen) atoms. The monoisotopic (exact) mass is 351 g/mol. The van der Waals surface area contributed by atoms with Crippen LogP contribution >= 0.6 is 0 Å². The number of carboxylic acids is 1. The first kappa shape index (κ1) is 20.4. The van der Waals surface area contributed by atoms with Crippen molar-refractivity contribution in [2.24, 2.45) is 5.92 Å². The molecule has 1 aromatic rings. The minimum Gasteiger partial charge on any atom is -0.480 e. The van der Waals surface area contributed by atoms with Crippen molar-refractivity contribution in [1.82, 2.24) is 16.0 Å². The summed E-state index contributed by atoms with van der Waals surface area (Å²) in [6, 6.07) is 8.31. The topological polar surface area (TPSA) is 117 Å². The number of nitrogens with one attached hydrogen (secondary N) is 3. The van der Waals surface area contributed by atoms with E-state index in [9.17, 15) is 14.4 Å². The summed E-state index contributed by atoms with van der Waals surface area (Å²) in [5.74, 6) is -1.52. The maximum Gasteiger partial charge on any atom is 0.329 e. The molecule has 0 fully saturated rings. The number of rotatable bonds is 10. The van der Waals surface area contributed by atoms with Gasteiger partial charge in [-0.1, -0.05) is 44.2 Å². The van der Waals surface area contributed by atoms with Crippen molar-refractivity contribution in [3.63, 3.8) is 0 Å². The van der Waals surface area contributed by atoms with Gasteiger partial charge in [-0.25, -0.2) is 9.59 Å². The molecular formula is C17H25N3O5. The number of carbonyl (C=O) groups excluding carboxylic acids is 2. The van der Waals surface area contributed by atoms with Gasteiger partial charge >= 0.3 is 12.0 Å². The third-order valence-electron chi connectivity index (χ3n) is 3.30. The van der Waals surface area contributed by atoms with Gasteiger partial charge in [0.2, 0.25) is 5.91 Å². The Morgan fingerprint density at radius 3 is 2.40 bits per heavy atom. The van der Waals surface area contributed by atoms with Crippen LogP contribution in [-0.2, 0) is 20.9 Å². The van der Waals surface area contributed by atoms with Crippen LogP contribution in [0.25, 0.3) is 0 Å². The fourth-order valence-electron chi connectivity index (χ4n) is 2.02. The molecule has 0 spiro atoms. The number of carbonyl (C=O) groups is 3. The summed E-state index contributed by atoms with van der Waals surface area (Å²) in [4.78, 5) is 34.5. The third-order valence-corrected chi connectivity index (χ3v) is 3.30. The maximum absolute atomic E-state index is 12.2. The van der Waals surface area contributed by atoms with Crippen LogP contribution in [0.4, 0.5) is 4.79 Å². The first-order valence-electron chi connectivity index (χ1n) is 8.05. The molecule has 0 saturated heterocycles. The van der Waals surface area contributed by atoms with E-state index < -0.39 is 24.6 Å². The van der Waals surface area contributed by atoms with Crippen molar-refractivity contribution in [3.05, 3.63) is 35.9 Å². The van der Waals surface area contributed by atoms with Crippen LogP contribution in [0, 0.1) is 5.92 Å². The van der Waals surface area contributed by atoms with Crippen LogP contribution in [-0.4, -0.2) is 48.8 Å². The molecule has 8 heteroatoms. The van der Waals surface area contributed by atoms with Gasteiger partial charge in [-0.2, -0.15) is 0 Å². The molecule has 1 atom stereocenters. The molecule has 0 aromatic heterocycles. The first-order valence-corrected chi connectivity index (χ1v) is 8.05. The van der Waals surface area contributed by atoms with E-state index in [1.54, 1.807) is 0 Å². The lowest BCUT2D eigenvalue weighted by molar-refractivity contribution is -0.142. The molecule has 0 bridgehead atoms. The van der Waals surface area contributed by atoms with Crippen molar-refractivity contribution in [1.29, 1.82) is 0 Å². The van der Waals surface area contributed by atoms with Gasteiger partial charge in [0.25, 0.3) is 0 Å². The average molecular weight is 351 g/mol. The standard InChI is InChI=1S/C17H25N3O5/c1-12(2)15(16(23)18-8-9-25-11-14(21)22)20-17(24)19-10-13-6-4-3-5-7-13/h3-7,12,15H,8-11H2,1-2H3,(H,18,23)(H,21,22)(H2,19,20,24). The summed E-state index contributed by atoms with van der Waals surface area (Å²) in [5.41, 5.74) is 0.957. The van der Waals surface area contributed by atoms with E-state index in [0.29, 0.717) is 6.54 Å². The Morgan fingerprint density at radius 2 is 1.80 bits per heavy atom. The number of amides is 3. The van der Waals surface area contributed by atoms with Crippen molar-refractivity contribution in [2.45, 2.75) is 26.4 Å². The highest BCUT2D eigenvalue weighted by atomic mass is 16.5. The Bertz CT molecular complexity index is 563. The predicted molar refractivity (Wildman–Crippen MR) is 91.9 cm³/mol. The number of urea groups is 1. The van der Waals surface area contributed by atoms with Crippen LogP contribution in [0.2, 0.25) is 0 Å². The lowest BCUT2D eigenvalue weighted by atomic mass is 10.0. The summed E-state index contributed by atoms with van der Waals surface area (Å²) < 4.78 is 4.84. The quantitative estimate of drug-likeness (QED) is 0.464. The number of ether oxygens (including phenoxy) is 1. The van der Waals surface area contributed by atoms with Crippen molar-refractivity contribution in [2.75, 3.05) is 19.8 Å². The van der Waals surface area contributed by atoms with E-state index in [-0.39, 0.29) is 25.0 Å². The van der Waals surface area contributed by atoms with Gasteiger partial charge in [0.15, 0.2) is 0 Å². The minimum atomic E-state index is -1.07. The highest BCUT2D eigenvalue weighted by Gasteiger charge is 2.23. The first-order chi connectivity index (χ1) is 11.9. The predicted octanol–water partition coefficient (Wildman–Crippen LogP) is 0.728. The third kappa shape index (κ3) is 8.71. The smallest absolute Gasteiger partial charge is 0.329 e. The summed E-state index contributed by atoms with van der Waals surface area (Å²) in [6.45, 7) is 3.85. The van der Waals surface area contributed by atoms with Crippen molar-refractivity contribution >= 4 is 17.9 Å². The molecule has 138 valence electrons. The number of carboxylic acid groups (broad SMARTS) is 1. The second-order valence-electron chi connectivity index (χ2n) is 5.77. The van der Waals surface area contributed by atoms with Gasteiger partial charge in [-0.05, 0) is 11.5 Å². The number of hydrogen-bond donors (Lipinski definition) is 4. The Kier molecular flexibility index (Phi) is 9.02. The van der Waals surface area contributed by atoms with Crippen LogP contribution < -0.4 is 16.0 Å². The number of aliphatic carboxylic acids is 1. The molecule has 0 saturated carbocycles. The molecule has 0 aliphatic rings. The highest BCUT2D eigenvalue weighted by Crippen LogP contribution is 2.02. The molecule has 4 N–H and O–H groups in total. The van der Waals surface area contributed by atoms with E-state index in [2.05, 4.69) is 16.0 Å². The zero-order valence-electron chi connectivity index (χ0n) is 14.5. The van der Waals surface area contributed by atoms with Crippen LogP contribution in [0.3, 0.4) is 0 Å². The molecule has 8 nitrogen and oxygen atoms in total. The normalized spacial score (nSPS) is 11.6. The van der Waals surface area contributed by atoms with Gasteiger partial charge in [-0.15, -0.1) is 0 Å². The van der Waals surface area contributed by atoms with Gasteiger partial charge in [0.1, 0.15) is 12.6 Å². The SMILES string of the molecule is CC(C)C(NC(=O)NCc1ccccc1)C(=O)NCCOCC(=O)O. The van der Waals surface area contributed by atoms with Crippen LogP contribution in [0.1, 0.15) is 19.4 Å². The average Bonchev–Trinajstić information content (AvgIpc) is 2.57. The van der Waals surface area contributed by atoms with Crippen molar-refractivity contribution < 1.29 is 24.2 Å². The van der Waals surface area contributed by atoms with Gasteiger partial charge in [-0.3, -0.25) is 4.79 Å². The van der Waals surface area contributed by atoms with Crippen LogP contribution in [0.5, 0.6) is 0 Å². The minimum absolute atomic E-state index is 0.0864. The Labute approximate surface area is 146 Å². The number of benzene rings is 1. The van der Waals surface area contributed by atoms with E-state index in [0.717, 1.165) is 5.56 Å². The largest absolute Gasteiger partial charge is 0.480 e.